The number of carbonyl (C=O) groups excluding carboxylic acids is 4. The highest BCUT2D eigenvalue weighted by molar-refractivity contribution is 6.35. The highest BCUT2D eigenvalue weighted by Gasteiger charge is 2.37. The van der Waals surface area contributed by atoms with Gasteiger partial charge in [0.1, 0.15) is 0 Å². The molecule has 0 unspecified atom stereocenters. The Morgan fingerprint density at radius 1 is 0.774 bits per heavy atom. The molecule has 0 fully saturated rings. The number of fused-ring (bicyclic) bond motifs is 1. The minimum atomic E-state index is -0.461. The Morgan fingerprint density at radius 2 is 1.45 bits per heavy atom. The number of nitrogens with one attached hydrogen (secondary N) is 2. The third-order valence-electron chi connectivity index (χ3n) is 4.95. The van der Waals surface area contributed by atoms with Gasteiger partial charge in [-0.3, -0.25) is 19.2 Å². The summed E-state index contributed by atoms with van der Waals surface area (Å²) in [5.41, 5.74) is 3.06. The maximum atomic E-state index is 13.0. The maximum Gasteiger partial charge on any atom is 0.266 e. The lowest BCUT2D eigenvalue weighted by molar-refractivity contribution is -0.114. The quantitative estimate of drug-likeness (QED) is 0.632. The minimum absolute atomic E-state index is 0.188. The van der Waals surface area contributed by atoms with Gasteiger partial charge in [-0.2, -0.15) is 0 Å². The Labute approximate surface area is 178 Å². The molecule has 0 saturated carbocycles. The molecule has 154 valence electrons. The highest BCUT2D eigenvalue weighted by Crippen LogP contribution is 2.31. The smallest absolute Gasteiger partial charge is 0.266 e. The Kier molecular flexibility index (Phi) is 5.09. The van der Waals surface area contributed by atoms with Crippen LogP contribution in [0.5, 0.6) is 0 Å². The molecule has 1 heterocycles. The number of hydrogen-bond acceptors (Lipinski definition) is 4. The second-order valence-corrected chi connectivity index (χ2v) is 7.21. The molecule has 0 bridgehead atoms. The van der Waals surface area contributed by atoms with Crippen LogP contribution < -0.4 is 15.5 Å². The third-order valence-corrected chi connectivity index (χ3v) is 4.95. The Bertz CT molecular complexity index is 1250. The second kappa shape index (κ2) is 7.87. The number of anilines is 3. The zero-order valence-electron chi connectivity index (χ0n) is 16.9. The van der Waals surface area contributed by atoms with E-state index >= 15 is 0 Å². The van der Waals surface area contributed by atoms with E-state index in [0.717, 1.165) is 10.5 Å². The number of benzene rings is 3. The number of para-hydroxylation sites is 1. The maximum absolute atomic E-state index is 13.0. The SMILES string of the molecule is CC(=O)Nc1cccc(NC(=O)c2ccc3c(c2)C(=O)N(c2ccccc2C)C3=O)c1. The van der Waals surface area contributed by atoms with Crippen LogP contribution in [0.25, 0.3) is 0 Å². The molecule has 3 aromatic rings. The number of amides is 4. The lowest BCUT2D eigenvalue weighted by Crippen LogP contribution is -2.29. The van der Waals surface area contributed by atoms with Crippen molar-refractivity contribution >= 4 is 40.7 Å². The van der Waals surface area contributed by atoms with E-state index < -0.39 is 17.7 Å². The number of hydrogen-bond donors (Lipinski definition) is 2. The highest BCUT2D eigenvalue weighted by atomic mass is 16.2. The van der Waals surface area contributed by atoms with Crippen molar-refractivity contribution in [1.82, 2.24) is 0 Å². The van der Waals surface area contributed by atoms with Crippen molar-refractivity contribution in [2.75, 3.05) is 15.5 Å². The van der Waals surface area contributed by atoms with Crippen molar-refractivity contribution in [3.05, 3.63) is 89.0 Å². The summed E-state index contributed by atoms with van der Waals surface area (Å²) in [7, 11) is 0. The summed E-state index contributed by atoms with van der Waals surface area (Å²) in [5.74, 6) is -1.53. The summed E-state index contributed by atoms with van der Waals surface area (Å²) in [6.07, 6.45) is 0. The van der Waals surface area contributed by atoms with Gasteiger partial charge in [0.15, 0.2) is 0 Å². The van der Waals surface area contributed by atoms with Crippen LogP contribution in [-0.2, 0) is 4.79 Å². The summed E-state index contributed by atoms with van der Waals surface area (Å²) in [5, 5.41) is 5.39. The summed E-state index contributed by atoms with van der Waals surface area (Å²) in [6.45, 7) is 3.22. The molecule has 4 rings (SSSR count). The first-order chi connectivity index (χ1) is 14.8. The molecule has 3 aromatic carbocycles. The molecule has 0 spiro atoms. The van der Waals surface area contributed by atoms with Crippen molar-refractivity contribution in [2.24, 2.45) is 0 Å². The fourth-order valence-corrected chi connectivity index (χ4v) is 3.50. The number of imide groups is 1. The van der Waals surface area contributed by atoms with Crippen LogP contribution in [0.3, 0.4) is 0 Å². The van der Waals surface area contributed by atoms with Crippen LogP contribution in [-0.4, -0.2) is 23.6 Å². The van der Waals surface area contributed by atoms with E-state index in [1.807, 2.05) is 19.1 Å². The van der Waals surface area contributed by atoms with Crippen molar-refractivity contribution < 1.29 is 19.2 Å². The normalized spacial score (nSPS) is 12.5. The first-order valence-electron chi connectivity index (χ1n) is 9.62. The van der Waals surface area contributed by atoms with Crippen LogP contribution >= 0.6 is 0 Å². The van der Waals surface area contributed by atoms with Crippen molar-refractivity contribution in [2.45, 2.75) is 13.8 Å². The van der Waals surface area contributed by atoms with E-state index in [1.54, 1.807) is 36.4 Å². The van der Waals surface area contributed by atoms with Crippen LogP contribution in [0.15, 0.2) is 66.7 Å². The predicted octanol–water partition coefficient (Wildman–Crippen LogP) is 4.01. The number of aryl methyl sites for hydroxylation is 1. The zero-order chi connectivity index (χ0) is 22.1. The lowest BCUT2D eigenvalue weighted by Gasteiger charge is -2.16. The largest absolute Gasteiger partial charge is 0.326 e. The van der Waals surface area contributed by atoms with Gasteiger partial charge in [0.25, 0.3) is 17.7 Å². The molecule has 0 saturated heterocycles. The van der Waals surface area contributed by atoms with E-state index in [-0.39, 0.29) is 22.6 Å². The van der Waals surface area contributed by atoms with E-state index in [1.165, 1.54) is 25.1 Å². The van der Waals surface area contributed by atoms with Gasteiger partial charge in [-0.1, -0.05) is 24.3 Å². The first kappa shape index (κ1) is 20.0. The molecule has 0 atom stereocenters. The summed E-state index contributed by atoms with van der Waals surface area (Å²) in [6, 6.07) is 18.3. The van der Waals surface area contributed by atoms with Crippen LogP contribution in [0.4, 0.5) is 17.1 Å². The minimum Gasteiger partial charge on any atom is -0.326 e. The van der Waals surface area contributed by atoms with Gasteiger partial charge in [-0.15, -0.1) is 0 Å². The molecule has 7 nitrogen and oxygen atoms in total. The molecule has 2 N–H and O–H groups in total. The molecular weight excluding hydrogens is 394 g/mol. The second-order valence-electron chi connectivity index (χ2n) is 7.21. The average Bonchev–Trinajstić information content (AvgIpc) is 2.98. The van der Waals surface area contributed by atoms with Crippen molar-refractivity contribution in [3.63, 3.8) is 0 Å². The third kappa shape index (κ3) is 3.81. The molecule has 31 heavy (non-hydrogen) atoms. The number of nitrogens with zero attached hydrogens (tertiary/aromatic N) is 1. The van der Waals surface area contributed by atoms with E-state index in [4.69, 9.17) is 0 Å². The molecule has 4 amide bonds. The fourth-order valence-electron chi connectivity index (χ4n) is 3.50. The van der Waals surface area contributed by atoms with Gasteiger partial charge in [0.2, 0.25) is 5.91 Å². The molecular formula is C24H19N3O4. The zero-order valence-corrected chi connectivity index (χ0v) is 16.9. The summed E-state index contributed by atoms with van der Waals surface area (Å²) in [4.78, 5) is 50.9. The van der Waals surface area contributed by atoms with E-state index in [9.17, 15) is 19.2 Å². The van der Waals surface area contributed by atoms with Gasteiger partial charge in [-0.05, 0) is 55.0 Å². The average molecular weight is 413 g/mol. The standard InChI is InChI=1S/C24H19N3O4/c1-14-6-3-4-9-21(14)27-23(30)19-11-10-16(12-20(19)24(27)31)22(29)26-18-8-5-7-17(13-18)25-15(2)28/h3-13H,1-2H3,(H,25,28)(H,26,29). The molecule has 1 aliphatic heterocycles. The van der Waals surface area contributed by atoms with Crippen LogP contribution in [0, 0.1) is 6.92 Å². The van der Waals surface area contributed by atoms with Gasteiger partial charge in [0.05, 0.1) is 16.8 Å². The van der Waals surface area contributed by atoms with Crippen molar-refractivity contribution in [1.29, 1.82) is 0 Å². The summed E-state index contributed by atoms with van der Waals surface area (Å²) >= 11 is 0. The number of rotatable bonds is 4. The Balaban J connectivity index is 1.60. The summed E-state index contributed by atoms with van der Waals surface area (Å²) < 4.78 is 0. The molecule has 0 aromatic heterocycles. The topological polar surface area (TPSA) is 95.6 Å². The fraction of sp³-hybridized carbons (Fsp3) is 0.0833. The van der Waals surface area contributed by atoms with Crippen molar-refractivity contribution in [3.8, 4) is 0 Å². The monoisotopic (exact) mass is 413 g/mol. The van der Waals surface area contributed by atoms with Gasteiger partial charge >= 0.3 is 0 Å². The van der Waals surface area contributed by atoms with Gasteiger partial charge < -0.3 is 10.6 Å². The Morgan fingerprint density at radius 3 is 2.16 bits per heavy atom. The lowest BCUT2D eigenvalue weighted by atomic mass is 10.1. The van der Waals surface area contributed by atoms with Gasteiger partial charge in [0, 0.05) is 23.9 Å². The van der Waals surface area contributed by atoms with Gasteiger partial charge in [-0.25, -0.2) is 4.90 Å². The molecule has 7 heteroatoms. The molecule has 0 aliphatic carbocycles. The predicted molar refractivity (Wildman–Crippen MR) is 117 cm³/mol. The first-order valence-corrected chi connectivity index (χ1v) is 9.62. The van der Waals surface area contributed by atoms with E-state index in [0.29, 0.717) is 17.1 Å². The van der Waals surface area contributed by atoms with E-state index in [2.05, 4.69) is 10.6 Å². The molecule has 1 aliphatic rings. The Hall–Kier alpha value is -4.26. The van der Waals surface area contributed by atoms with Crippen LogP contribution in [0.1, 0.15) is 43.6 Å². The molecule has 0 radical (unpaired) electrons. The van der Waals surface area contributed by atoms with Crippen LogP contribution in [0.2, 0.25) is 0 Å². The number of carbonyl (C=O) groups is 4.